The van der Waals surface area contributed by atoms with Gasteiger partial charge in [0.2, 0.25) is 5.91 Å². The Bertz CT molecular complexity index is 875. The first-order chi connectivity index (χ1) is 12.0. The third-order valence-electron chi connectivity index (χ3n) is 3.58. The summed E-state index contributed by atoms with van der Waals surface area (Å²) in [5.41, 5.74) is 1.17. The number of hydrogen-bond acceptors (Lipinski definition) is 5. The van der Waals surface area contributed by atoms with Gasteiger partial charge in [0.1, 0.15) is 15.7 Å². The van der Waals surface area contributed by atoms with Crippen LogP contribution in [-0.4, -0.2) is 28.2 Å². The molecule has 0 aliphatic carbocycles. The monoisotopic (exact) mass is 371 g/mol. The summed E-state index contributed by atoms with van der Waals surface area (Å²) in [5.74, 6) is 1.60. The maximum atomic E-state index is 12.0. The van der Waals surface area contributed by atoms with E-state index in [2.05, 4.69) is 47.3 Å². The first kappa shape index (κ1) is 17.9. The molecule has 2 heterocycles. The molecule has 0 saturated carbocycles. The molecule has 3 aromatic rings. The average Bonchev–Trinajstić information content (AvgIpc) is 3.02. The van der Waals surface area contributed by atoms with Gasteiger partial charge in [-0.2, -0.15) is 0 Å². The summed E-state index contributed by atoms with van der Waals surface area (Å²) < 4.78 is 0. The maximum absolute atomic E-state index is 12.0. The number of carbonyl (C=O) groups is 1. The van der Waals surface area contributed by atoms with Gasteiger partial charge >= 0.3 is 0 Å². The van der Waals surface area contributed by atoms with E-state index < -0.39 is 0 Å². The Morgan fingerprint density at radius 3 is 2.72 bits per heavy atom. The van der Waals surface area contributed by atoms with Crippen LogP contribution in [0, 0.1) is 12.8 Å². The second-order valence-corrected chi connectivity index (χ2v) is 8.25. The average molecular weight is 372 g/mol. The molecule has 0 unspecified atom stereocenters. The van der Waals surface area contributed by atoms with E-state index in [1.807, 2.05) is 25.1 Å². The van der Waals surface area contributed by atoms with Gasteiger partial charge in [-0.3, -0.25) is 4.79 Å². The van der Waals surface area contributed by atoms with Crippen LogP contribution in [0.4, 0.5) is 0 Å². The molecule has 25 heavy (non-hydrogen) atoms. The fourth-order valence-corrected chi connectivity index (χ4v) is 4.38. The molecule has 3 rings (SSSR count). The Morgan fingerprint density at radius 2 is 2.00 bits per heavy atom. The number of benzene rings is 1. The van der Waals surface area contributed by atoms with Crippen LogP contribution < -0.4 is 5.32 Å². The van der Waals surface area contributed by atoms with Gasteiger partial charge in [-0.25, -0.2) is 9.97 Å². The van der Waals surface area contributed by atoms with E-state index in [0.717, 1.165) is 21.1 Å². The molecule has 0 bridgehead atoms. The van der Waals surface area contributed by atoms with Crippen molar-refractivity contribution < 1.29 is 4.79 Å². The minimum absolute atomic E-state index is 0.0432. The second kappa shape index (κ2) is 7.97. The highest BCUT2D eigenvalue weighted by Gasteiger charge is 2.13. The zero-order chi connectivity index (χ0) is 17.8. The SMILES string of the molecule is Cc1nc(SCC(=O)NCC(C)C)c2cc(-c3ccccc3)sc2n1. The van der Waals surface area contributed by atoms with Crippen molar-refractivity contribution in [3.63, 3.8) is 0 Å². The summed E-state index contributed by atoms with van der Waals surface area (Å²) in [6, 6.07) is 12.4. The summed E-state index contributed by atoms with van der Waals surface area (Å²) in [6.07, 6.45) is 0. The highest BCUT2D eigenvalue weighted by Crippen LogP contribution is 2.36. The second-order valence-electron chi connectivity index (χ2n) is 6.26. The third kappa shape index (κ3) is 4.58. The molecule has 0 fully saturated rings. The minimum atomic E-state index is 0.0432. The largest absolute Gasteiger partial charge is 0.355 e. The fourth-order valence-electron chi connectivity index (χ4n) is 2.35. The van der Waals surface area contributed by atoms with Gasteiger partial charge < -0.3 is 5.32 Å². The normalized spacial score (nSPS) is 11.2. The summed E-state index contributed by atoms with van der Waals surface area (Å²) in [6.45, 7) is 6.76. The number of thiophene rings is 1. The Kier molecular flexibility index (Phi) is 5.71. The van der Waals surface area contributed by atoms with Crippen LogP contribution in [0.2, 0.25) is 0 Å². The molecule has 0 saturated heterocycles. The Labute approximate surface area is 156 Å². The lowest BCUT2D eigenvalue weighted by molar-refractivity contribution is -0.118. The number of thioether (sulfide) groups is 1. The van der Waals surface area contributed by atoms with Gasteiger partial charge in [0.15, 0.2) is 0 Å². The molecule has 1 amide bonds. The van der Waals surface area contributed by atoms with Crippen LogP contribution in [-0.2, 0) is 4.79 Å². The molecule has 0 aliphatic heterocycles. The Morgan fingerprint density at radius 1 is 1.24 bits per heavy atom. The molecular weight excluding hydrogens is 350 g/mol. The Balaban J connectivity index is 1.83. The lowest BCUT2D eigenvalue weighted by Crippen LogP contribution is -2.28. The number of nitrogens with one attached hydrogen (secondary N) is 1. The number of carbonyl (C=O) groups excluding carboxylic acids is 1. The van der Waals surface area contributed by atoms with Gasteiger partial charge in [0.05, 0.1) is 5.75 Å². The molecule has 0 radical (unpaired) electrons. The predicted octanol–water partition coefficient (Wildman–Crippen LogP) is 4.53. The van der Waals surface area contributed by atoms with E-state index in [0.29, 0.717) is 18.2 Å². The summed E-state index contributed by atoms with van der Waals surface area (Å²) in [5, 5.41) is 4.85. The highest BCUT2D eigenvalue weighted by atomic mass is 32.2. The number of aromatic nitrogens is 2. The number of fused-ring (bicyclic) bond motifs is 1. The van der Waals surface area contributed by atoms with Gasteiger partial charge in [-0.05, 0) is 24.5 Å². The Hall–Kier alpha value is -1.92. The van der Waals surface area contributed by atoms with Gasteiger partial charge in [-0.15, -0.1) is 11.3 Å². The van der Waals surface area contributed by atoms with E-state index in [-0.39, 0.29) is 5.91 Å². The van der Waals surface area contributed by atoms with Crippen LogP contribution in [0.1, 0.15) is 19.7 Å². The van der Waals surface area contributed by atoms with E-state index in [9.17, 15) is 4.79 Å². The first-order valence-corrected chi connectivity index (χ1v) is 10.1. The highest BCUT2D eigenvalue weighted by molar-refractivity contribution is 8.00. The van der Waals surface area contributed by atoms with Crippen LogP contribution in [0.3, 0.4) is 0 Å². The summed E-state index contributed by atoms with van der Waals surface area (Å²) in [4.78, 5) is 23.2. The lowest BCUT2D eigenvalue weighted by atomic mass is 10.2. The van der Waals surface area contributed by atoms with E-state index >= 15 is 0 Å². The molecule has 0 spiro atoms. The van der Waals surface area contributed by atoms with Gasteiger partial charge in [0.25, 0.3) is 0 Å². The lowest BCUT2D eigenvalue weighted by Gasteiger charge is -2.07. The van der Waals surface area contributed by atoms with Crippen molar-refractivity contribution in [1.29, 1.82) is 0 Å². The zero-order valence-corrected chi connectivity index (χ0v) is 16.2. The summed E-state index contributed by atoms with van der Waals surface area (Å²) >= 11 is 3.14. The zero-order valence-electron chi connectivity index (χ0n) is 14.6. The van der Waals surface area contributed by atoms with Crippen LogP contribution in [0.25, 0.3) is 20.7 Å². The summed E-state index contributed by atoms with van der Waals surface area (Å²) in [7, 11) is 0. The molecule has 1 aromatic carbocycles. The maximum Gasteiger partial charge on any atom is 0.230 e. The van der Waals surface area contributed by atoms with Crippen LogP contribution in [0.15, 0.2) is 41.4 Å². The van der Waals surface area contributed by atoms with Gasteiger partial charge in [0, 0.05) is 16.8 Å². The topological polar surface area (TPSA) is 54.9 Å². The van der Waals surface area contributed by atoms with Crippen molar-refractivity contribution in [2.24, 2.45) is 5.92 Å². The van der Waals surface area contributed by atoms with Crippen molar-refractivity contribution in [1.82, 2.24) is 15.3 Å². The van der Waals surface area contributed by atoms with Crippen molar-refractivity contribution in [2.75, 3.05) is 12.3 Å². The number of hydrogen-bond donors (Lipinski definition) is 1. The molecule has 0 atom stereocenters. The molecule has 2 aromatic heterocycles. The number of nitrogens with zero attached hydrogens (tertiary/aromatic N) is 2. The smallest absolute Gasteiger partial charge is 0.230 e. The fraction of sp³-hybridized carbons (Fsp3) is 0.316. The number of rotatable bonds is 6. The number of amides is 1. The first-order valence-electron chi connectivity index (χ1n) is 8.26. The molecule has 1 N–H and O–H groups in total. The van der Waals surface area contributed by atoms with Crippen molar-refractivity contribution in [3.05, 3.63) is 42.2 Å². The molecule has 0 aliphatic rings. The van der Waals surface area contributed by atoms with E-state index in [4.69, 9.17) is 0 Å². The van der Waals surface area contributed by atoms with Crippen molar-refractivity contribution in [2.45, 2.75) is 25.8 Å². The number of aryl methyl sites for hydroxylation is 1. The quantitative estimate of drug-likeness (QED) is 0.511. The van der Waals surface area contributed by atoms with Crippen molar-refractivity contribution >= 4 is 39.2 Å². The minimum Gasteiger partial charge on any atom is -0.355 e. The van der Waals surface area contributed by atoms with E-state index in [1.165, 1.54) is 22.2 Å². The molecule has 4 nitrogen and oxygen atoms in total. The van der Waals surface area contributed by atoms with Gasteiger partial charge in [-0.1, -0.05) is 55.9 Å². The molecule has 130 valence electrons. The van der Waals surface area contributed by atoms with E-state index in [1.54, 1.807) is 11.3 Å². The predicted molar refractivity (Wildman–Crippen MR) is 106 cm³/mol. The van der Waals surface area contributed by atoms with Crippen LogP contribution in [0.5, 0.6) is 0 Å². The van der Waals surface area contributed by atoms with Crippen molar-refractivity contribution in [3.8, 4) is 10.4 Å². The standard InChI is InChI=1S/C19H21N3OS2/c1-12(2)10-20-17(23)11-24-18-15-9-16(14-7-5-4-6-8-14)25-19(15)22-13(3)21-18/h4-9,12H,10-11H2,1-3H3,(H,20,23). The molecule has 6 heteroatoms. The molecular formula is C19H21N3OS2. The van der Waals surface area contributed by atoms with Crippen LogP contribution >= 0.6 is 23.1 Å². The third-order valence-corrected chi connectivity index (χ3v) is 5.64.